The van der Waals surface area contributed by atoms with Crippen molar-refractivity contribution < 1.29 is 9.66 Å². The lowest BCUT2D eigenvalue weighted by atomic mass is 10.2. The second-order valence-electron chi connectivity index (χ2n) is 4.69. The second kappa shape index (κ2) is 7.41. The Morgan fingerprint density at radius 2 is 2.13 bits per heavy atom. The van der Waals surface area contributed by atoms with E-state index in [-0.39, 0.29) is 5.69 Å². The fourth-order valence-corrected chi connectivity index (χ4v) is 2.09. The Hall–Kier alpha value is -2.87. The maximum absolute atomic E-state index is 10.7. The van der Waals surface area contributed by atoms with Gasteiger partial charge in [0.05, 0.1) is 23.4 Å². The average Bonchev–Trinajstić information content (AvgIpc) is 2.55. The molecular weight excluding hydrogens is 316 g/mol. The fourth-order valence-electron chi connectivity index (χ4n) is 1.91. The van der Waals surface area contributed by atoms with Crippen LogP contribution in [0, 0.1) is 10.1 Å². The third-order valence-corrected chi connectivity index (χ3v) is 3.33. The van der Waals surface area contributed by atoms with Crippen molar-refractivity contribution in [1.82, 2.24) is 5.32 Å². The van der Waals surface area contributed by atoms with Gasteiger partial charge in [-0.15, -0.1) is 0 Å². The van der Waals surface area contributed by atoms with Gasteiger partial charge in [-0.3, -0.25) is 10.1 Å². The minimum Gasteiger partial charge on any atom is -0.497 e. The summed E-state index contributed by atoms with van der Waals surface area (Å²) in [5, 5.41) is 17.1. The van der Waals surface area contributed by atoms with E-state index in [9.17, 15) is 10.1 Å². The number of hydrogen-bond acceptors (Lipinski definition) is 5. The van der Waals surface area contributed by atoms with Crippen LogP contribution in [0.25, 0.3) is 0 Å². The summed E-state index contributed by atoms with van der Waals surface area (Å²) in [5.74, 6) is 0.656. The summed E-state index contributed by atoms with van der Waals surface area (Å²) in [5.41, 5.74) is 7.86. The van der Waals surface area contributed by atoms with Gasteiger partial charge in [0.15, 0.2) is 5.11 Å². The minimum atomic E-state index is -0.432. The molecule has 0 heterocycles. The number of thiocarbonyl (C=S) groups is 1. The topological polar surface area (TPSA) is 102 Å². The van der Waals surface area contributed by atoms with Crippen molar-refractivity contribution in [1.29, 1.82) is 0 Å². The average molecular weight is 332 g/mol. The van der Waals surface area contributed by atoms with Crippen LogP contribution in [0.2, 0.25) is 0 Å². The molecular formula is C15H16N4O3S. The van der Waals surface area contributed by atoms with E-state index < -0.39 is 4.92 Å². The molecule has 0 amide bonds. The van der Waals surface area contributed by atoms with Gasteiger partial charge in [-0.2, -0.15) is 0 Å². The molecule has 0 atom stereocenters. The highest BCUT2D eigenvalue weighted by molar-refractivity contribution is 7.80. The molecule has 2 aromatic carbocycles. The van der Waals surface area contributed by atoms with Crippen molar-refractivity contribution in [2.45, 2.75) is 6.54 Å². The first-order chi connectivity index (χ1) is 11.0. The van der Waals surface area contributed by atoms with E-state index in [1.807, 2.05) is 0 Å². The number of nitrogen functional groups attached to an aromatic ring is 1. The fraction of sp³-hybridized carbons (Fsp3) is 0.133. The van der Waals surface area contributed by atoms with Gasteiger partial charge >= 0.3 is 0 Å². The van der Waals surface area contributed by atoms with Gasteiger partial charge in [-0.25, -0.2) is 0 Å². The monoisotopic (exact) mass is 332 g/mol. The highest BCUT2D eigenvalue weighted by atomic mass is 32.1. The molecule has 0 unspecified atom stereocenters. The zero-order valence-electron chi connectivity index (χ0n) is 12.4. The summed E-state index contributed by atoms with van der Waals surface area (Å²) < 4.78 is 5.08. The first kappa shape index (κ1) is 16.5. The molecule has 8 heteroatoms. The van der Waals surface area contributed by atoms with Crippen LogP contribution in [-0.4, -0.2) is 17.1 Å². The van der Waals surface area contributed by atoms with Gasteiger partial charge in [0.1, 0.15) is 5.75 Å². The number of nitrogens with one attached hydrogen (secondary N) is 2. The lowest BCUT2D eigenvalue weighted by Crippen LogP contribution is -2.28. The molecule has 0 fully saturated rings. The summed E-state index contributed by atoms with van der Waals surface area (Å²) in [6, 6.07) is 11.6. The molecule has 0 aliphatic carbocycles. The van der Waals surface area contributed by atoms with Crippen LogP contribution >= 0.6 is 12.2 Å². The maximum Gasteiger partial charge on any atom is 0.269 e. The van der Waals surface area contributed by atoms with Gasteiger partial charge in [-0.1, -0.05) is 12.1 Å². The Balaban J connectivity index is 1.95. The molecule has 0 aromatic heterocycles. The van der Waals surface area contributed by atoms with E-state index >= 15 is 0 Å². The predicted molar refractivity (Wildman–Crippen MR) is 93.6 cm³/mol. The zero-order valence-corrected chi connectivity index (χ0v) is 13.2. The lowest BCUT2D eigenvalue weighted by Gasteiger charge is -2.13. The van der Waals surface area contributed by atoms with Gasteiger partial charge in [-0.05, 0) is 29.9 Å². The van der Waals surface area contributed by atoms with Crippen LogP contribution in [0.15, 0.2) is 42.5 Å². The standard InChI is InChI=1S/C15H16N4O3S/c1-22-12-5-6-14(13(16)8-12)18-15(23)17-9-10-3-2-4-11(7-10)19(20)21/h2-8H,9,16H2,1H3,(H2,17,18,23). The Morgan fingerprint density at radius 3 is 2.78 bits per heavy atom. The number of nitrogens with two attached hydrogens (primary N) is 1. The van der Waals surface area contributed by atoms with Crippen LogP contribution in [0.1, 0.15) is 5.56 Å². The van der Waals surface area contributed by atoms with Gasteiger partial charge in [0, 0.05) is 24.7 Å². The van der Waals surface area contributed by atoms with Gasteiger partial charge in [0.2, 0.25) is 0 Å². The minimum absolute atomic E-state index is 0.0441. The van der Waals surface area contributed by atoms with Crippen LogP contribution < -0.4 is 21.1 Å². The van der Waals surface area contributed by atoms with Gasteiger partial charge < -0.3 is 21.1 Å². The number of anilines is 2. The van der Waals surface area contributed by atoms with Crippen LogP contribution in [0.4, 0.5) is 17.1 Å². The molecule has 0 spiro atoms. The predicted octanol–water partition coefficient (Wildman–Crippen LogP) is 2.67. The number of benzene rings is 2. The molecule has 0 bridgehead atoms. The summed E-state index contributed by atoms with van der Waals surface area (Å²) in [6.45, 7) is 0.365. The number of nitro benzene ring substituents is 1. The number of nitrogens with zero attached hydrogens (tertiary/aromatic N) is 1. The number of ether oxygens (including phenoxy) is 1. The summed E-state index contributed by atoms with van der Waals surface area (Å²) in [6.07, 6.45) is 0. The Bertz CT molecular complexity index is 736. The molecule has 2 rings (SSSR count). The van der Waals surface area contributed by atoms with Crippen molar-refractivity contribution in [3.63, 3.8) is 0 Å². The van der Waals surface area contributed by atoms with Gasteiger partial charge in [0.25, 0.3) is 5.69 Å². The number of methoxy groups -OCH3 is 1. The normalized spacial score (nSPS) is 9.96. The van der Waals surface area contributed by atoms with E-state index in [0.29, 0.717) is 28.8 Å². The van der Waals surface area contributed by atoms with E-state index in [1.54, 1.807) is 37.4 Å². The Labute approximate surface area is 138 Å². The number of hydrogen-bond donors (Lipinski definition) is 3. The number of non-ortho nitro benzene ring substituents is 1. The zero-order chi connectivity index (χ0) is 16.8. The molecule has 4 N–H and O–H groups in total. The summed E-state index contributed by atoms with van der Waals surface area (Å²) >= 11 is 5.20. The molecule has 0 saturated carbocycles. The smallest absolute Gasteiger partial charge is 0.269 e. The largest absolute Gasteiger partial charge is 0.497 e. The Morgan fingerprint density at radius 1 is 1.35 bits per heavy atom. The van der Waals surface area contributed by atoms with E-state index in [2.05, 4.69) is 10.6 Å². The molecule has 7 nitrogen and oxygen atoms in total. The quantitative estimate of drug-likeness (QED) is 0.335. The first-order valence-electron chi connectivity index (χ1n) is 6.71. The summed E-state index contributed by atoms with van der Waals surface area (Å²) in [7, 11) is 1.56. The first-order valence-corrected chi connectivity index (χ1v) is 7.12. The molecule has 23 heavy (non-hydrogen) atoms. The van der Waals surface area contributed by atoms with E-state index in [1.165, 1.54) is 12.1 Å². The molecule has 0 aliphatic rings. The second-order valence-corrected chi connectivity index (χ2v) is 5.10. The molecule has 120 valence electrons. The van der Waals surface area contributed by atoms with Crippen LogP contribution in [-0.2, 0) is 6.54 Å². The van der Waals surface area contributed by atoms with Crippen molar-refractivity contribution in [2.24, 2.45) is 0 Å². The summed E-state index contributed by atoms with van der Waals surface area (Å²) in [4.78, 5) is 10.3. The highest BCUT2D eigenvalue weighted by Gasteiger charge is 2.07. The third kappa shape index (κ3) is 4.55. The van der Waals surface area contributed by atoms with E-state index in [0.717, 1.165) is 5.56 Å². The number of nitro groups is 1. The van der Waals surface area contributed by atoms with Crippen molar-refractivity contribution in [2.75, 3.05) is 18.2 Å². The lowest BCUT2D eigenvalue weighted by molar-refractivity contribution is -0.384. The van der Waals surface area contributed by atoms with Crippen molar-refractivity contribution in [3.05, 3.63) is 58.1 Å². The molecule has 0 radical (unpaired) electrons. The van der Waals surface area contributed by atoms with Crippen LogP contribution in [0.3, 0.4) is 0 Å². The molecule has 0 saturated heterocycles. The molecule has 2 aromatic rings. The number of rotatable bonds is 5. The SMILES string of the molecule is COc1ccc(NC(=S)NCc2cccc([N+](=O)[O-])c2)c(N)c1. The maximum atomic E-state index is 10.7. The van der Waals surface area contributed by atoms with Crippen molar-refractivity contribution >= 4 is 34.4 Å². The molecule has 0 aliphatic heterocycles. The van der Waals surface area contributed by atoms with E-state index in [4.69, 9.17) is 22.7 Å². The third-order valence-electron chi connectivity index (χ3n) is 3.08. The highest BCUT2D eigenvalue weighted by Crippen LogP contribution is 2.23. The van der Waals surface area contributed by atoms with Crippen LogP contribution in [0.5, 0.6) is 5.75 Å². The van der Waals surface area contributed by atoms with Crippen molar-refractivity contribution in [3.8, 4) is 5.75 Å². The Kier molecular flexibility index (Phi) is 5.32.